The van der Waals surface area contributed by atoms with Crippen LogP contribution in [0.4, 0.5) is 5.69 Å². The number of aromatic hydroxyl groups is 2. The first-order valence-corrected chi connectivity index (χ1v) is 10.0. The van der Waals surface area contributed by atoms with E-state index in [1.165, 1.54) is 4.57 Å². The van der Waals surface area contributed by atoms with Crippen molar-refractivity contribution in [3.8, 4) is 17.4 Å². The van der Waals surface area contributed by atoms with Crippen LogP contribution in [0.1, 0.15) is 28.3 Å². The van der Waals surface area contributed by atoms with Crippen LogP contribution in [0.15, 0.2) is 48.5 Å². The second-order valence-electron chi connectivity index (χ2n) is 7.62. The Morgan fingerprint density at radius 3 is 2.48 bits per heavy atom. The van der Waals surface area contributed by atoms with Crippen LogP contribution in [0, 0.1) is 6.92 Å². The van der Waals surface area contributed by atoms with Gasteiger partial charge in [-0.1, -0.05) is 35.9 Å². The molecule has 3 heterocycles. The summed E-state index contributed by atoms with van der Waals surface area (Å²) < 4.78 is 1.40. The number of rotatable bonds is 2. The number of nitrogens with zero attached hydrogens (tertiary/aromatic N) is 2. The van der Waals surface area contributed by atoms with E-state index in [0.717, 1.165) is 16.8 Å². The predicted octanol–water partition coefficient (Wildman–Crippen LogP) is 2.99. The topological polar surface area (TPSA) is 77.7 Å². The minimum Gasteiger partial charge on any atom is -0.494 e. The molecule has 2 aromatic carbocycles. The first-order chi connectivity index (χ1) is 13.9. The number of para-hydroxylation sites is 1. The van der Waals surface area contributed by atoms with Gasteiger partial charge in [0.2, 0.25) is 11.8 Å². The maximum absolute atomic E-state index is 13.5. The fraction of sp³-hybridized carbons (Fsp3) is 0.227. The Labute approximate surface area is 173 Å². The van der Waals surface area contributed by atoms with E-state index < -0.39 is 11.6 Å². The lowest BCUT2D eigenvalue weighted by Gasteiger charge is -2.26. The number of aryl methyl sites for hydroxylation is 1. The van der Waals surface area contributed by atoms with E-state index in [4.69, 9.17) is 0 Å². The third kappa shape index (κ3) is 2.14. The summed E-state index contributed by atoms with van der Waals surface area (Å²) in [7, 11) is 1.72. The lowest BCUT2D eigenvalue weighted by molar-refractivity contribution is -0.122. The highest BCUT2D eigenvalue weighted by Crippen LogP contribution is 2.57. The van der Waals surface area contributed by atoms with Gasteiger partial charge in [0.25, 0.3) is 5.91 Å². The zero-order valence-corrected chi connectivity index (χ0v) is 16.9. The van der Waals surface area contributed by atoms with Gasteiger partial charge in [0.05, 0.1) is 11.3 Å². The lowest BCUT2D eigenvalue weighted by Crippen LogP contribution is -2.48. The molecule has 0 fully saturated rings. The molecule has 0 bridgehead atoms. The third-order valence-corrected chi connectivity index (χ3v) is 6.41. The summed E-state index contributed by atoms with van der Waals surface area (Å²) in [4.78, 5) is 15.1. The zero-order chi connectivity index (χ0) is 20.5. The molecule has 6 nitrogen and oxygen atoms in total. The van der Waals surface area contributed by atoms with Gasteiger partial charge in [-0.2, -0.15) is 12.6 Å². The molecule has 0 aliphatic carbocycles. The number of amides is 1. The van der Waals surface area contributed by atoms with Crippen LogP contribution >= 0.6 is 12.6 Å². The molecule has 5 rings (SSSR count). The van der Waals surface area contributed by atoms with Crippen molar-refractivity contribution < 1.29 is 15.0 Å². The maximum atomic E-state index is 13.5. The molecule has 7 heteroatoms. The van der Waals surface area contributed by atoms with Crippen LogP contribution in [0.3, 0.4) is 0 Å². The summed E-state index contributed by atoms with van der Waals surface area (Å²) >= 11 is 4.44. The summed E-state index contributed by atoms with van der Waals surface area (Å²) in [5.74, 6) is -0.0551. The van der Waals surface area contributed by atoms with Crippen LogP contribution in [0.5, 0.6) is 11.8 Å². The summed E-state index contributed by atoms with van der Waals surface area (Å²) in [5.41, 5.74) is 2.88. The normalized spacial score (nSPS) is 22.4. The predicted molar refractivity (Wildman–Crippen MR) is 114 cm³/mol. The van der Waals surface area contributed by atoms with Gasteiger partial charge in [0.15, 0.2) is 5.54 Å². The summed E-state index contributed by atoms with van der Waals surface area (Å²) in [6, 6.07) is 14.6. The Balaban J connectivity index is 1.83. The molecule has 148 valence electrons. The van der Waals surface area contributed by atoms with E-state index >= 15 is 0 Å². The van der Waals surface area contributed by atoms with Crippen molar-refractivity contribution in [1.29, 1.82) is 0 Å². The molecule has 2 unspecified atom stereocenters. The summed E-state index contributed by atoms with van der Waals surface area (Å²) in [6.07, 6.45) is 0. The standard InChI is InChI=1S/C22H21N3O3S/c1-12-7-9-13(10-8-12)25-19(26)17-15(11-29)23-22(18(17)20(25)27)14-5-3-4-6-16(14)24(2)21(22)28/h3-10,15,23,26-27,29H,11H2,1-2H3. The molecule has 1 spiro atoms. The smallest absolute Gasteiger partial charge is 0.256 e. The van der Waals surface area contributed by atoms with E-state index in [1.54, 1.807) is 11.9 Å². The van der Waals surface area contributed by atoms with Crippen molar-refractivity contribution in [2.24, 2.45) is 0 Å². The molecule has 3 N–H and O–H groups in total. The highest BCUT2D eigenvalue weighted by atomic mass is 32.1. The Kier molecular flexibility index (Phi) is 3.78. The molecule has 29 heavy (non-hydrogen) atoms. The van der Waals surface area contributed by atoms with Gasteiger partial charge >= 0.3 is 0 Å². The number of hydrogen-bond acceptors (Lipinski definition) is 5. The maximum Gasteiger partial charge on any atom is 0.256 e. The fourth-order valence-corrected chi connectivity index (χ4v) is 4.96. The number of aromatic nitrogens is 1. The van der Waals surface area contributed by atoms with Gasteiger partial charge in [-0.15, -0.1) is 0 Å². The van der Waals surface area contributed by atoms with Crippen molar-refractivity contribution in [2.75, 3.05) is 17.7 Å². The molecular formula is C22H21N3O3S. The van der Waals surface area contributed by atoms with Gasteiger partial charge < -0.3 is 15.1 Å². The Morgan fingerprint density at radius 2 is 1.79 bits per heavy atom. The Morgan fingerprint density at radius 1 is 1.10 bits per heavy atom. The van der Waals surface area contributed by atoms with E-state index in [1.807, 2.05) is 55.5 Å². The average Bonchev–Trinajstić information content (AvgIpc) is 3.29. The number of nitrogens with one attached hydrogen (secondary N) is 1. The van der Waals surface area contributed by atoms with Crippen molar-refractivity contribution >= 4 is 24.2 Å². The summed E-state index contributed by atoms with van der Waals surface area (Å²) in [6.45, 7) is 1.97. The number of fused-ring (bicyclic) bond motifs is 4. The van der Waals surface area contributed by atoms with Gasteiger partial charge in [0.1, 0.15) is 0 Å². The Bertz CT molecular complexity index is 1150. The van der Waals surface area contributed by atoms with Gasteiger partial charge in [-0.05, 0) is 25.1 Å². The van der Waals surface area contributed by atoms with Crippen LogP contribution in [0.2, 0.25) is 0 Å². The van der Waals surface area contributed by atoms with E-state index in [-0.39, 0.29) is 17.7 Å². The average molecular weight is 407 g/mol. The van der Waals surface area contributed by atoms with Crippen LogP contribution in [-0.2, 0) is 10.3 Å². The second-order valence-corrected chi connectivity index (χ2v) is 7.98. The Hall–Kier alpha value is -2.90. The zero-order valence-electron chi connectivity index (χ0n) is 16.0. The molecule has 0 radical (unpaired) electrons. The molecular weight excluding hydrogens is 386 g/mol. The molecule has 2 aliphatic rings. The minimum atomic E-state index is -1.26. The van der Waals surface area contributed by atoms with Crippen LogP contribution in [-0.4, -0.2) is 33.5 Å². The molecule has 1 amide bonds. The van der Waals surface area contributed by atoms with Crippen molar-refractivity contribution in [2.45, 2.75) is 18.5 Å². The third-order valence-electron chi connectivity index (χ3n) is 6.04. The highest BCUT2D eigenvalue weighted by Gasteiger charge is 2.60. The van der Waals surface area contributed by atoms with Crippen molar-refractivity contribution in [3.05, 3.63) is 70.8 Å². The number of carbonyl (C=O) groups excluding carboxylic acids is 1. The largest absolute Gasteiger partial charge is 0.494 e. The molecule has 2 atom stereocenters. The van der Waals surface area contributed by atoms with Crippen LogP contribution < -0.4 is 10.2 Å². The number of thiol groups is 1. The van der Waals surface area contributed by atoms with E-state index in [0.29, 0.717) is 22.6 Å². The number of benzene rings is 2. The van der Waals surface area contributed by atoms with Gasteiger partial charge in [-0.3, -0.25) is 14.7 Å². The second kappa shape index (κ2) is 6.05. The van der Waals surface area contributed by atoms with Crippen molar-refractivity contribution in [1.82, 2.24) is 9.88 Å². The van der Waals surface area contributed by atoms with Crippen molar-refractivity contribution in [3.63, 3.8) is 0 Å². The first kappa shape index (κ1) is 18.1. The molecule has 0 saturated heterocycles. The quantitative estimate of drug-likeness (QED) is 0.493. The van der Waals surface area contributed by atoms with Gasteiger partial charge in [-0.25, -0.2) is 0 Å². The molecule has 1 aromatic heterocycles. The number of likely N-dealkylation sites (N-methyl/N-ethyl adjacent to an activating group) is 1. The number of hydrogen-bond donors (Lipinski definition) is 4. The minimum absolute atomic E-state index is 0.0791. The monoisotopic (exact) mass is 407 g/mol. The SMILES string of the molecule is Cc1ccc(-n2c(O)c3c(c2O)C2(NC3CS)C(=O)N(C)c3ccccc32)cc1. The lowest BCUT2D eigenvalue weighted by atomic mass is 9.86. The number of anilines is 1. The molecule has 0 saturated carbocycles. The van der Waals surface area contributed by atoms with Gasteiger partial charge in [0, 0.05) is 35.7 Å². The van der Waals surface area contributed by atoms with E-state index in [2.05, 4.69) is 17.9 Å². The molecule has 2 aliphatic heterocycles. The fourth-order valence-electron chi connectivity index (χ4n) is 4.69. The first-order valence-electron chi connectivity index (χ1n) is 9.42. The van der Waals surface area contributed by atoms with Crippen LogP contribution in [0.25, 0.3) is 5.69 Å². The number of carbonyl (C=O) groups is 1. The highest BCUT2D eigenvalue weighted by molar-refractivity contribution is 7.80. The molecule has 3 aromatic rings. The summed E-state index contributed by atoms with van der Waals surface area (Å²) in [5, 5.41) is 25.8. The van der Waals surface area contributed by atoms with E-state index in [9.17, 15) is 15.0 Å².